The zero-order valence-corrected chi connectivity index (χ0v) is 14.5. The first-order chi connectivity index (χ1) is 10.5. The standard InChI is InChI=1S/C17H30N4O/c1-5-21(10-9-20(3)4)14-15-12-18-16(19-13-15)17(2)8-6-7-11-22-17/h12-13H,5-11,14H2,1-4H3/t17-/m0/s1. The zero-order valence-electron chi connectivity index (χ0n) is 14.5. The van der Waals surface area contributed by atoms with E-state index in [2.05, 4.69) is 47.7 Å². The van der Waals surface area contributed by atoms with Gasteiger partial charge in [0, 0.05) is 44.2 Å². The van der Waals surface area contributed by atoms with Gasteiger partial charge >= 0.3 is 0 Å². The molecule has 5 heteroatoms. The molecular formula is C17H30N4O. The molecule has 0 N–H and O–H groups in total. The molecule has 1 atom stereocenters. The van der Waals surface area contributed by atoms with E-state index in [0.717, 1.165) is 51.5 Å². The van der Waals surface area contributed by atoms with Crippen molar-refractivity contribution in [2.24, 2.45) is 0 Å². The summed E-state index contributed by atoms with van der Waals surface area (Å²) in [6, 6.07) is 0. The second-order valence-corrected chi connectivity index (χ2v) is 6.62. The van der Waals surface area contributed by atoms with Crippen molar-refractivity contribution in [2.45, 2.75) is 45.3 Å². The van der Waals surface area contributed by atoms with Gasteiger partial charge in [-0.2, -0.15) is 0 Å². The monoisotopic (exact) mass is 306 g/mol. The lowest BCUT2D eigenvalue weighted by Gasteiger charge is -2.32. The third kappa shape index (κ3) is 4.73. The minimum Gasteiger partial charge on any atom is -0.367 e. The van der Waals surface area contributed by atoms with Gasteiger partial charge in [0.05, 0.1) is 0 Å². The van der Waals surface area contributed by atoms with Gasteiger partial charge in [0.25, 0.3) is 0 Å². The van der Waals surface area contributed by atoms with Crippen molar-refractivity contribution in [3.8, 4) is 0 Å². The molecule has 1 aromatic rings. The van der Waals surface area contributed by atoms with Crippen LogP contribution in [0.4, 0.5) is 0 Å². The highest BCUT2D eigenvalue weighted by atomic mass is 16.5. The minimum atomic E-state index is -0.299. The van der Waals surface area contributed by atoms with E-state index in [1.54, 1.807) is 0 Å². The van der Waals surface area contributed by atoms with E-state index in [9.17, 15) is 0 Å². The van der Waals surface area contributed by atoms with Crippen molar-refractivity contribution in [2.75, 3.05) is 40.3 Å². The molecule has 1 saturated heterocycles. The number of likely N-dealkylation sites (N-methyl/N-ethyl adjacent to an activating group) is 2. The first-order valence-electron chi connectivity index (χ1n) is 8.36. The van der Waals surface area contributed by atoms with Crippen LogP contribution in [0.3, 0.4) is 0 Å². The smallest absolute Gasteiger partial charge is 0.159 e. The molecule has 0 saturated carbocycles. The number of hydrogen-bond acceptors (Lipinski definition) is 5. The topological polar surface area (TPSA) is 41.5 Å². The van der Waals surface area contributed by atoms with E-state index in [1.807, 2.05) is 12.4 Å². The summed E-state index contributed by atoms with van der Waals surface area (Å²) in [5, 5.41) is 0. The second kappa shape index (κ2) is 7.99. The lowest BCUT2D eigenvalue weighted by Crippen LogP contribution is -2.33. The molecule has 1 aliphatic heterocycles. The summed E-state index contributed by atoms with van der Waals surface area (Å²) in [5.74, 6) is 0.826. The molecule has 0 spiro atoms. The Labute approximate surface area is 134 Å². The molecular weight excluding hydrogens is 276 g/mol. The van der Waals surface area contributed by atoms with Crippen LogP contribution in [0.2, 0.25) is 0 Å². The van der Waals surface area contributed by atoms with Gasteiger partial charge in [-0.1, -0.05) is 6.92 Å². The Morgan fingerprint density at radius 2 is 1.91 bits per heavy atom. The molecule has 0 bridgehead atoms. The highest BCUT2D eigenvalue weighted by Crippen LogP contribution is 2.32. The van der Waals surface area contributed by atoms with Crippen LogP contribution in [0.25, 0.3) is 0 Å². The van der Waals surface area contributed by atoms with E-state index in [1.165, 1.54) is 12.0 Å². The van der Waals surface area contributed by atoms with Crippen LogP contribution >= 0.6 is 0 Å². The summed E-state index contributed by atoms with van der Waals surface area (Å²) in [4.78, 5) is 13.8. The first kappa shape index (κ1) is 17.3. The lowest BCUT2D eigenvalue weighted by atomic mass is 9.95. The van der Waals surface area contributed by atoms with E-state index < -0.39 is 0 Å². The Hall–Kier alpha value is -1.04. The molecule has 0 amide bonds. The summed E-state index contributed by atoms with van der Waals surface area (Å²) in [6.07, 6.45) is 7.27. The molecule has 0 unspecified atom stereocenters. The molecule has 1 aromatic heterocycles. The average molecular weight is 306 g/mol. The molecule has 22 heavy (non-hydrogen) atoms. The average Bonchev–Trinajstić information content (AvgIpc) is 2.52. The molecule has 1 aliphatic rings. The van der Waals surface area contributed by atoms with E-state index in [-0.39, 0.29) is 5.60 Å². The molecule has 0 aliphatic carbocycles. The fraction of sp³-hybridized carbons (Fsp3) is 0.765. The molecule has 124 valence electrons. The number of rotatable bonds is 7. The summed E-state index contributed by atoms with van der Waals surface area (Å²) in [7, 11) is 4.22. The van der Waals surface area contributed by atoms with Crippen molar-refractivity contribution >= 4 is 0 Å². The number of aromatic nitrogens is 2. The van der Waals surface area contributed by atoms with Crippen LogP contribution in [-0.4, -0.2) is 60.1 Å². The van der Waals surface area contributed by atoms with Crippen LogP contribution in [-0.2, 0) is 16.9 Å². The van der Waals surface area contributed by atoms with Crippen LogP contribution in [0.1, 0.15) is 44.5 Å². The van der Waals surface area contributed by atoms with Crippen molar-refractivity contribution < 1.29 is 4.74 Å². The first-order valence-corrected chi connectivity index (χ1v) is 8.36. The quantitative estimate of drug-likeness (QED) is 0.773. The maximum Gasteiger partial charge on any atom is 0.159 e. The molecule has 0 radical (unpaired) electrons. The van der Waals surface area contributed by atoms with E-state index in [0.29, 0.717) is 0 Å². The largest absolute Gasteiger partial charge is 0.367 e. The van der Waals surface area contributed by atoms with Crippen LogP contribution in [0.15, 0.2) is 12.4 Å². The van der Waals surface area contributed by atoms with E-state index in [4.69, 9.17) is 4.74 Å². The second-order valence-electron chi connectivity index (χ2n) is 6.62. The Morgan fingerprint density at radius 3 is 2.45 bits per heavy atom. The van der Waals surface area contributed by atoms with Gasteiger partial charge in [0.15, 0.2) is 5.82 Å². The summed E-state index contributed by atoms with van der Waals surface area (Å²) in [6.45, 7) is 9.19. The van der Waals surface area contributed by atoms with Crippen molar-refractivity contribution in [1.82, 2.24) is 19.8 Å². The van der Waals surface area contributed by atoms with Gasteiger partial charge in [0.1, 0.15) is 5.60 Å². The molecule has 5 nitrogen and oxygen atoms in total. The molecule has 0 aromatic carbocycles. The van der Waals surface area contributed by atoms with Gasteiger partial charge in [-0.3, -0.25) is 4.90 Å². The van der Waals surface area contributed by atoms with Gasteiger partial charge < -0.3 is 9.64 Å². The molecule has 1 fully saturated rings. The van der Waals surface area contributed by atoms with Gasteiger partial charge in [0.2, 0.25) is 0 Å². The SMILES string of the molecule is CCN(CCN(C)C)Cc1cnc([C@]2(C)CCCCO2)nc1. The molecule has 2 rings (SSSR count). The summed E-state index contributed by atoms with van der Waals surface area (Å²) < 4.78 is 5.92. The Bertz CT molecular complexity index is 440. The summed E-state index contributed by atoms with van der Waals surface area (Å²) in [5.41, 5.74) is 0.871. The van der Waals surface area contributed by atoms with Crippen LogP contribution in [0, 0.1) is 0 Å². The van der Waals surface area contributed by atoms with Crippen LogP contribution in [0.5, 0.6) is 0 Å². The highest BCUT2D eigenvalue weighted by Gasteiger charge is 2.32. The van der Waals surface area contributed by atoms with Crippen molar-refractivity contribution in [3.63, 3.8) is 0 Å². The van der Waals surface area contributed by atoms with E-state index >= 15 is 0 Å². The maximum absolute atomic E-state index is 5.92. The fourth-order valence-electron chi connectivity index (χ4n) is 2.77. The van der Waals surface area contributed by atoms with Crippen molar-refractivity contribution in [3.05, 3.63) is 23.8 Å². The number of nitrogens with zero attached hydrogens (tertiary/aromatic N) is 4. The van der Waals surface area contributed by atoms with Gasteiger partial charge in [-0.05, 0) is 46.8 Å². The minimum absolute atomic E-state index is 0.299. The highest BCUT2D eigenvalue weighted by molar-refractivity contribution is 5.09. The summed E-state index contributed by atoms with van der Waals surface area (Å²) >= 11 is 0. The van der Waals surface area contributed by atoms with Gasteiger partial charge in [-0.25, -0.2) is 9.97 Å². The Morgan fingerprint density at radius 1 is 1.18 bits per heavy atom. The number of ether oxygens (including phenoxy) is 1. The normalized spacial score (nSPS) is 22.5. The lowest BCUT2D eigenvalue weighted by molar-refractivity contribution is -0.0761. The van der Waals surface area contributed by atoms with Crippen LogP contribution < -0.4 is 0 Å². The Kier molecular flexibility index (Phi) is 6.29. The third-order valence-corrected chi connectivity index (χ3v) is 4.36. The predicted molar refractivity (Wildman–Crippen MR) is 88.7 cm³/mol. The maximum atomic E-state index is 5.92. The van der Waals surface area contributed by atoms with Gasteiger partial charge in [-0.15, -0.1) is 0 Å². The third-order valence-electron chi connectivity index (χ3n) is 4.36. The fourth-order valence-corrected chi connectivity index (χ4v) is 2.77. The molecule has 2 heterocycles. The Balaban J connectivity index is 1.96. The predicted octanol–water partition coefficient (Wildman–Crippen LogP) is 2.28. The number of hydrogen-bond donors (Lipinski definition) is 0. The van der Waals surface area contributed by atoms with Crippen molar-refractivity contribution in [1.29, 1.82) is 0 Å². The zero-order chi connectivity index (χ0) is 16.0.